The highest BCUT2D eigenvalue weighted by atomic mass is 19.1. The average molecular weight is 485 g/mol. The van der Waals surface area contributed by atoms with Gasteiger partial charge in [-0.3, -0.25) is 0 Å². The van der Waals surface area contributed by atoms with Crippen LogP contribution in [0.3, 0.4) is 0 Å². The van der Waals surface area contributed by atoms with Gasteiger partial charge < -0.3 is 4.42 Å². The molecule has 2 aromatic heterocycles. The van der Waals surface area contributed by atoms with Crippen LogP contribution in [-0.4, -0.2) is 0 Å². The summed E-state index contributed by atoms with van der Waals surface area (Å²) in [5.41, 5.74) is 10.1. The number of benzene rings is 4. The molecular formula is C34H27FNO+. The average Bonchev–Trinajstić information content (AvgIpc) is 3.51. The van der Waals surface area contributed by atoms with Crippen molar-refractivity contribution < 1.29 is 13.4 Å². The molecular weight excluding hydrogens is 457 g/mol. The largest absolute Gasteiger partial charge is 0.454 e. The molecule has 1 aliphatic rings. The van der Waals surface area contributed by atoms with Crippen molar-refractivity contribution in [1.29, 1.82) is 0 Å². The minimum absolute atomic E-state index is 0.269. The molecule has 0 saturated carbocycles. The molecule has 0 fully saturated rings. The Labute approximate surface area is 215 Å². The van der Waals surface area contributed by atoms with E-state index in [1.807, 2.05) is 43.6 Å². The first-order chi connectivity index (χ1) is 18.1. The maximum Gasteiger partial charge on any atom is 0.216 e. The number of hydrogen-bond acceptors (Lipinski definition) is 1. The first-order valence-corrected chi connectivity index (χ1v) is 12.9. The Morgan fingerprint density at radius 2 is 1.51 bits per heavy atom. The molecule has 2 nitrogen and oxygen atoms in total. The first kappa shape index (κ1) is 22.0. The molecule has 0 amide bonds. The van der Waals surface area contributed by atoms with E-state index in [0.29, 0.717) is 17.1 Å². The predicted molar refractivity (Wildman–Crippen MR) is 147 cm³/mol. The highest BCUT2D eigenvalue weighted by Gasteiger charge is 2.25. The molecule has 1 atom stereocenters. The molecule has 180 valence electrons. The van der Waals surface area contributed by atoms with Crippen molar-refractivity contribution in [1.82, 2.24) is 0 Å². The number of aromatic nitrogens is 1. The van der Waals surface area contributed by atoms with Crippen molar-refractivity contribution in [2.75, 3.05) is 0 Å². The molecule has 3 heteroatoms. The van der Waals surface area contributed by atoms with Crippen LogP contribution in [-0.2, 0) is 13.5 Å². The van der Waals surface area contributed by atoms with Gasteiger partial charge in [0.2, 0.25) is 5.69 Å². The number of halogens is 1. The Morgan fingerprint density at radius 1 is 0.784 bits per heavy atom. The first-order valence-electron chi connectivity index (χ1n) is 12.9. The minimum Gasteiger partial charge on any atom is -0.454 e. The Balaban J connectivity index is 1.39. The van der Waals surface area contributed by atoms with Crippen molar-refractivity contribution in [3.05, 3.63) is 125 Å². The predicted octanol–water partition coefficient (Wildman–Crippen LogP) is 8.27. The van der Waals surface area contributed by atoms with E-state index in [-0.39, 0.29) is 5.82 Å². The molecule has 0 saturated heterocycles. The highest BCUT2D eigenvalue weighted by Crippen LogP contribution is 2.43. The maximum absolute atomic E-state index is 15.4. The second-order valence-electron chi connectivity index (χ2n) is 10.1. The van der Waals surface area contributed by atoms with Crippen LogP contribution >= 0.6 is 0 Å². The standard InChI is InChI=1S/C34H27FNO/c1-21-10-16-27-28-18-19-29(35)32(34(28)37-33(27)31(21)30-9-5-6-20-36(30)2)24-13-11-23(12-14-24)26-17-15-22-7-3-4-8-25(22)26/h3-14,16,18-20,26H,15,17H2,1-2H3/q+1. The third-order valence-corrected chi connectivity index (χ3v) is 8.01. The van der Waals surface area contributed by atoms with Crippen LogP contribution in [0.5, 0.6) is 0 Å². The summed E-state index contributed by atoms with van der Waals surface area (Å²) < 4.78 is 24.1. The van der Waals surface area contributed by atoms with Crippen LogP contribution in [0.1, 0.15) is 34.6 Å². The van der Waals surface area contributed by atoms with Gasteiger partial charge in [-0.15, -0.1) is 0 Å². The van der Waals surface area contributed by atoms with Gasteiger partial charge in [0.05, 0.1) is 11.1 Å². The van der Waals surface area contributed by atoms with Crippen LogP contribution < -0.4 is 4.57 Å². The summed E-state index contributed by atoms with van der Waals surface area (Å²) in [6.45, 7) is 2.09. The summed E-state index contributed by atoms with van der Waals surface area (Å²) in [6, 6.07) is 30.9. The zero-order valence-corrected chi connectivity index (χ0v) is 21.0. The van der Waals surface area contributed by atoms with E-state index in [9.17, 15) is 0 Å². The van der Waals surface area contributed by atoms with E-state index < -0.39 is 0 Å². The van der Waals surface area contributed by atoms with Gasteiger partial charge in [-0.1, -0.05) is 60.7 Å². The number of aryl methyl sites for hydroxylation is 3. The molecule has 7 rings (SSSR count). The van der Waals surface area contributed by atoms with Crippen LogP contribution in [0.4, 0.5) is 4.39 Å². The fourth-order valence-electron chi connectivity index (χ4n) is 6.13. The lowest BCUT2D eigenvalue weighted by Crippen LogP contribution is -2.30. The maximum atomic E-state index is 15.4. The Morgan fingerprint density at radius 3 is 2.32 bits per heavy atom. The fraction of sp³-hybridized carbons (Fsp3) is 0.147. The Kier molecular flexibility index (Phi) is 5.00. The Bertz CT molecular complexity index is 1810. The number of hydrogen-bond donors (Lipinski definition) is 0. The molecule has 4 aromatic carbocycles. The lowest BCUT2D eigenvalue weighted by molar-refractivity contribution is -0.660. The summed E-state index contributed by atoms with van der Waals surface area (Å²) in [7, 11) is 2.03. The van der Waals surface area contributed by atoms with Gasteiger partial charge in [0.25, 0.3) is 0 Å². The normalized spacial score (nSPS) is 14.9. The number of rotatable bonds is 3. The van der Waals surface area contributed by atoms with Crippen LogP contribution in [0.15, 0.2) is 102 Å². The molecule has 1 unspecified atom stereocenters. The second kappa shape index (κ2) is 8.41. The van der Waals surface area contributed by atoms with Crippen LogP contribution in [0.2, 0.25) is 0 Å². The Hall–Kier alpha value is -4.24. The van der Waals surface area contributed by atoms with E-state index in [2.05, 4.69) is 66.1 Å². The van der Waals surface area contributed by atoms with E-state index >= 15 is 4.39 Å². The third-order valence-electron chi connectivity index (χ3n) is 8.01. The van der Waals surface area contributed by atoms with Crippen molar-refractivity contribution in [3.63, 3.8) is 0 Å². The highest BCUT2D eigenvalue weighted by molar-refractivity contribution is 6.13. The van der Waals surface area contributed by atoms with Gasteiger partial charge in [-0.2, -0.15) is 0 Å². The smallest absolute Gasteiger partial charge is 0.216 e. The molecule has 37 heavy (non-hydrogen) atoms. The van der Waals surface area contributed by atoms with Crippen LogP contribution in [0.25, 0.3) is 44.3 Å². The molecule has 0 bridgehead atoms. The molecule has 0 N–H and O–H groups in total. The van der Waals surface area contributed by atoms with Gasteiger partial charge in [-0.05, 0) is 65.8 Å². The van der Waals surface area contributed by atoms with Gasteiger partial charge in [0.15, 0.2) is 6.20 Å². The monoisotopic (exact) mass is 484 g/mol. The van der Waals surface area contributed by atoms with Crippen LogP contribution in [0, 0.1) is 12.7 Å². The number of pyridine rings is 1. The summed E-state index contributed by atoms with van der Waals surface area (Å²) in [4.78, 5) is 0. The summed E-state index contributed by atoms with van der Waals surface area (Å²) in [5, 5.41) is 1.93. The summed E-state index contributed by atoms with van der Waals surface area (Å²) in [5.74, 6) is 0.128. The molecule has 0 aliphatic heterocycles. The second-order valence-corrected chi connectivity index (χ2v) is 10.1. The summed E-state index contributed by atoms with van der Waals surface area (Å²) in [6.07, 6.45) is 4.26. The molecule has 1 aliphatic carbocycles. The van der Waals surface area contributed by atoms with E-state index in [1.54, 1.807) is 6.07 Å². The van der Waals surface area contributed by atoms with Gasteiger partial charge in [0, 0.05) is 28.8 Å². The van der Waals surface area contributed by atoms with E-state index in [0.717, 1.165) is 51.6 Å². The van der Waals surface area contributed by atoms with Crippen molar-refractivity contribution in [3.8, 4) is 22.4 Å². The van der Waals surface area contributed by atoms with E-state index in [4.69, 9.17) is 4.42 Å². The SMILES string of the molecule is Cc1ccc2c(oc3c(-c4ccc(C5CCc6ccccc65)cc4)c(F)ccc32)c1-c1cccc[n+]1C. The molecule has 6 aromatic rings. The lowest BCUT2D eigenvalue weighted by atomic mass is 9.91. The number of fused-ring (bicyclic) bond motifs is 4. The van der Waals surface area contributed by atoms with Gasteiger partial charge >= 0.3 is 0 Å². The van der Waals surface area contributed by atoms with Crippen molar-refractivity contribution in [2.24, 2.45) is 7.05 Å². The molecule has 0 radical (unpaired) electrons. The van der Waals surface area contributed by atoms with Crippen molar-refractivity contribution >= 4 is 21.9 Å². The van der Waals surface area contributed by atoms with E-state index in [1.165, 1.54) is 16.7 Å². The van der Waals surface area contributed by atoms with Crippen molar-refractivity contribution in [2.45, 2.75) is 25.7 Å². The topological polar surface area (TPSA) is 17.0 Å². The fourth-order valence-corrected chi connectivity index (χ4v) is 6.13. The zero-order valence-electron chi connectivity index (χ0n) is 21.0. The number of furan rings is 1. The van der Waals surface area contributed by atoms with Gasteiger partial charge in [-0.25, -0.2) is 8.96 Å². The third kappa shape index (κ3) is 3.41. The summed E-state index contributed by atoms with van der Waals surface area (Å²) >= 11 is 0. The quantitative estimate of drug-likeness (QED) is 0.231. The minimum atomic E-state index is -0.269. The molecule has 0 spiro atoms. The molecule has 2 heterocycles. The van der Waals surface area contributed by atoms with Gasteiger partial charge in [0.1, 0.15) is 24.0 Å². The number of nitrogens with zero attached hydrogens (tertiary/aromatic N) is 1. The lowest BCUT2D eigenvalue weighted by Gasteiger charge is -2.13. The zero-order chi connectivity index (χ0) is 25.1.